The van der Waals surface area contributed by atoms with Crippen LogP contribution in [0.15, 0.2) is 35.5 Å². The van der Waals surface area contributed by atoms with Crippen LogP contribution in [0.25, 0.3) is 11.2 Å². The van der Waals surface area contributed by atoms with E-state index in [4.69, 9.17) is 28.9 Å². The van der Waals surface area contributed by atoms with Crippen LogP contribution in [0.3, 0.4) is 0 Å². The van der Waals surface area contributed by atoms with E-state index >= 15 is 0 Å². The minimum absolute atomic E-state index is 0.0104. The van der Waals surface area contributed by atoms with E-state index in [2.05, 4.69) is 15.0 Å². The molecule has 3 fully saturated rings. The maximum Gasteiger partial charge on any atom is 0.320 e. The molecular formula is C26H33N5O8S. The number of aliphatic hydroxyl groups is 1. The molecule has 3 aromatic rings. The first-order valence-corrected chi connectivity index (χ1v) is 14.7. The molecule has 14 heteroatoms. The Labute approximate surface area is 231 Å². The van der Waals surface area contributed by atoms with Crippen molar-refractivity contribution >= 4 is 27.1 Å². The molecular weight excluding hydrogens is 542 g/mol. The highest BCUT2D eigenvalue weighted by atomic mass is 32.2. The summed E-state index contributed by atoms with van der Waals surface area (Å²) in [5.41, 5.74) is 6.21. The predicted octanol–water partition coefficient (Wildman–Crippen LogP) is 2.22. The number of benzene rings is 1. The zero-order valence-corrected chi connectivity index (χ0v) is 23.3. The third-order valence-corrected chi connectivity index (χ3v) is 8.87. The van der Waals surface area contributed by atoms with Crippen molar-refractivity contribution in [2.24, 2.45) is 0 Å². The predicted molar refractivity (Wildman–Crippen MR) is 141 cm³/mol. The summed E-state index contributed by atoms with van der Waals surface area (Å²) in [6, 6.07) is 6.41. The van der Waals surface area contributed by atoms with Crippen LogP contribution in [0.2, 0.25) is 0 Å². The monoisotopic (exact) mass is 575 g/mol. The van der Waals surface area contributed by atoms with Crippen molar-refractivity contribution in [1.82, 2.24) is 19.5 Å². The summed E-state index contributed by atoms with van der Waals surface area (Å²) in [5.74, 6) is -0.898. The number of rotatable bonds is 8. The number of nitrogen functional groups attached to an aromatic ring is 1. The molecule has 3 aliphatic rings. The fraction of sp³-hybridized carbons (Fsp3) is 0.577. The summed E-state index contributed by atoms with van der Waals surface area (Å²) >= 11 is 0. The standard InChI is InChI=1S/C26H33N5O8S/c1-15-8-10-17(11-9-15)40(33,34)35-13-26(12-32)20-19(37-25(2,3)38-20)23(39-26)31-14-28-18-21(27)29-24(30-22(18)31)36-16-6-4-5-7-16/h8-11,14,16,19-20,23,32H,4-7,12-13H2,1-3H3,(H2,27,29,30)/t19-,20+,23-,26+/m1/s1. The average Bonchev–Trinajstić information content (AvgIpc) is 3.68. The maximum absolute atomic E-state index is 13.0. The Morgan fingerprint density at radius 3 is 2.55 bits per heavy atom. The molecule has 4 heterocycles. The van der Waals surface area contributed by atoms with Gasteiger partial charge in [-0.15, -0.1) is 0 Å². The fourth-order valence-corrected chi connectivity index (χ4v) is 6.51. The molecule has 3 N–H and O–H groups in total. The van der Waals surface area contributed by atoms with Crippen LogP contribution in [-0.2, 0) is 28.5 Å². The van der Waals surface area contributed by atoms with Crippen LogP contribution in [0.4, 0.5) is 5.82 Å². The zero-order valence-electron chi connectivity index (χ0n) is 22.5. The van der Waals surface area contributed by atoms with E-state index < -0.39 is 53.2 Å². The normalized spacial score (nSPS) is 28.4. The second-order valence-corrected chi connectivity index (χ2v) is 12.6. The molecule has 1 saturated carbocycles. The molecule has 0 spiro atoms. The minimum atomic E-state index is -4.16. The third-order valence-electron chi connectivity index (χ3n) is 7.60. The molecule has 2 saturated heterocycles. The lowest BCUT2D eigenvalue weighted by atomic mass is 9.97. The number of fused-ring (bicyclic) bond motifs is 2. The second kappa shape index (κ2) is 9.89. The van der Waals surface area contributed by atoms with Gasteiger partial charge in [0.15, 0.2) is 29.0 Å². The van der Waals surface area contributed by atoms with E-state index in [1.807, 2.05) is 6.92 Å². The van der Waals surface area contributed by atoms with Gasteiger partial charge in [0, 0.05) is 0 Å². The van der Waals surface area contributed by atoms with Gasteiger partial charge in [-0.2, -0.15) is 18.4 Å². The molecule has 13 nitrogen and oxygen atoms in total. The van der Waals surface area contributed by atoms with Crippen LogP contribution in [0.5, 0.6) is 6.01 Å². The Morgan fingerprint density at radius 1 is 1.12 bits per heavy atom. The number of aryl methyl sites for hydroxylation is 1. The van der Waals surface area contributed by atoms with E-state index in [0.717, 1.165) is 31.2 Å². The summed E-state index contributed by atoms with van der Waals surface area (Å²) in [5, 5.41) is 10.6. The maximum atomic E-state index is 13.0. The van der Waals surface area contributed by atoms with Crippen molar-refractivity contribution in [1.29, 1.82) is 0 Å². The van der Waals surface area contributed by atoms with Crippen molar-refractivity contribution in [3.05, 3.63) is 36.2 Å². The molecule has 2 aromatic heterocycles. The Balaban J connectivity index is 1.33. The van der Waals surface area contributed by atoms with Gasteiger partial charge in [0.1, 0.15) is 30.5 Å². The minimum Gasteiger partial charge on any atom is -0.460 e. The highest BCUT2D eigenvalue weighted by Crippen LogP contribution is 2.49. The fourth-order valence-electron chi connectivity index (χ4n) is 5.55. The van der Waals surface area contributed by atoms with Gasteiger partial charge in [-0.25, -0.2) is 4.98 Å². The van der Waals surface area contributed by atoms with Gasteiger partial charge in [0.25, 0.3) is 10.1 Å². The largest absolute Gasteiger partial charge is 0.460 e. The van der Waals surface area contributed by atoms with Crippen molar-refractivity contribution in [3.63, 3.8) is 0 Å². The number of hydrogen-bond acceptors (Lipinski definition) is 12. The molecule has 4 atom stereocenters. The molecule has 0 radical (unpaired) electrons. The highest BCUT2D eigenvalue weighted by molar-refractivity contribution is 7.86. The van der Waals surface area contributed by atoms with Crippen molar-refractivity contribution in [2.45, 2.75) is 87.3 Å². The SMILES string of the molecule is Cc1ccc(S(=O)(=O)OC[C@]2(CO)O[C@@H](n3cnc4c(N)nc(OC5CCCC5)nc43)[C@@H]3OC(C)(C)O[C@@H]32)cc1. The van der Waals surface area contributed by atoms with E-state index in [-0.39, 0.29) is 22.8 Å². The van der Waals surface area contributed by atoms with Gasteiger partial charge in [-0.3, -0.25) is 8.75 Å². The highest BCUT2D eigenvalue weighted by Gasteiger charge is 2.64. The number of imidazole rings is 1. The number of aliphatic hydroxyl groups excluding tert-OH is 1. The van der Waals surface area contributed by atoms with Gasteiger partial charge in [-0.05, 0) is 58.6 Å². The number of hydrogen-bond donors (Lipinski definition) is 2. The van der Waals surface area contributed by atoms with Crippen molar-refractivity contribution in [3.8, 4) is 6.01 Å². The Morgan fingerprint density at radius 2 is 1.85 bits per heavy atom. The summed E-state index contributed by atoms with van der Waals surface area (Å²) in [6.07, 6.45) is 2.95. The van der Waals surface area contributed by atoms with E-state index in [1.54, 1.807) is 30.5 Å². The zero-order chi connectivity index (χ0) is 28.3. The van der Waals surface area contributed by atoms with Crippen LogP contribution in [-0.4, -0.2) is 76.0 Å². The second-order valence-electron chi connectivity index (χ2n) is 11.0. The van der Waals surface area contributed by atoms with Crippen LogP contribution in [0, 0.1) is 6.92 Å². The Hall–Kier alpha value is -2.88. The van der Waals surface area contributed by atoms with Gasteiger partial charge in [0.05, 0.1) is 17.8 Å². The Bertz CT molecular complexity index is 1510. The van der Waals surface area contributed by atoms with E-state index in [0.29, 0.717) is 11.2 Å². The number of aromatic nitrogens is 4. The van der Waals surface area contributed by atoms with E-state index in [1.165, 1.54) is 18.5 Å². The number of anilines is 1. The van der Waals surface area contributed by atoms with Gasteiger partial charge < -0.3 is 29.8 Å². The molecule has 6 rings (SSSR count). The molecule has 0 amide bonds. The summed E-state index contributed by atoms with van der Waals surface area (Å²) < 4.78 is 57.7. The number of nitrogens with zero attached hydrogens (tertiary/aromatic N) is 4. The quantitative estimate of drug-likeness (QED) is 0.376. The Kier molecular flexibility index (Phi) is 6.75. The molecule has 0 bridgehead atoms. The molecule has 1 aliphatic carbocycles. The third kappa shape index (κ3) is 4.82. The number of ether oxygens (including phenoxy) is 4. The molecule has 2 aliphatic heterocycles. The lowest BCUT2D eigenvalue weighted by molar-refractivity contribution is -0.231. The van der Waals surface area contributed by atoms with Crippen molar-refractivity contribution in [2.75, 3.05) is 18.9 Å². The van der Waals surface area contributed by atoms with Gasteiger partial charge in [0.2, 0.25) is 0 Å². The molecule has 216 valence electrons. The first-order chi connectivity index (χ1) is 19.0. The van der Waals surface area contributed by atoms with Gasteiger partial charge in [-0.1, -0.05) is 17.7 Å². The van der Waals surface area contributed by atoms with Crippen LogP contribution < -0.4 is 10.5 Å². The first kappa shape index (κ1) is 27.3. The molecule has 40 heavy (non-hydrogen) atoms. The van der Waals surface area contributed by atoms with Gasteiger partial charge >= 0.3 is 6.01 Å². The summed E-state index contributed by atoms with van der Waals surface area (Å²) in [4.78, 5) is 13.2. The van der Waals surface area contributed by atoms with Crippen LogP contribution >= 0.6 is 0 Å². The summed E-state index contributed by atoms with van der Waals surface area (Å²) in [6.45, 7) is 4.19. The topological polar surface area (TPSA) is 170 Å². The first-order valence-electron chi connectivity index (χ1n) is 13.3. The van der Waals surface area contributed by atoms with Crippen LogP contribution in [0.1, 0.15) is 51.3 Å². The lowest BCUT2D eigenvalue weighted by Crippen LogP contribution is -2.50. The smallest absolute Gasteiger partial charge is 0.320 e. The molecule has 1 aromatic carbocycles. The lowest BCUT2D eigenvalue weighted by Gasteiger charge is -2.32. The average molecular weight is 576 g/mol. The summed E-state index contributed by atoms with van der Waals surface area (Å²) in [7, 11) is -4.16. The van der Waals surface area contributed by atoms with E-state index in [9.17, 15) is 13.5 Å². The number of nitrogens with two attached hydrogens (primary N) is 1. The molecule has 0 unspecified atom stereocenters. The van der Waals surface area contributed by atoms with Crippen molar-refractivity contribution < 1.29 is 36.7 Å².